The normalized spacial score (nSPS) is 17.8. The van der Waals surface area contributed by atoms with Crippen molar-refractivity contribution in [3.05, 3.63) is 17.1 Å². The minimum absolute atomic E-state index is 0.160. The smallest absolute Gasteiger partial charge is 0.270 e. The second-order valence-corrected chi connectivity index (χ2v) is 6.18. The lowest BCUT2D eigenvalue weighted by Crippen LogP contribution is -2.26. The standard InChI is InChI=1S/C14H16BClN6O/c1-9-19-22-14(23-9)13-11(5-12(16)20-21-13)18-7-10-3-2-4-15(6-10)8-17/h5,10H,2-4,6-7H2,1H3,(H,18,20). The van der Waals surface area contributed by atoms with Crippen LogP contribution in [0.5, 0.6) is 0 Å². The summed E-state index contributed by atoms with van der Waals surface area (Å²) in [5.74, 6) is 3.61. The van der Waals surface area contributed by atoms with Gasteiger partial charge in [-0.05, 0) is 5.92 Å². The first-order valence-corrected chi connectivity index (χ1v) is 8.00. The summed E-state index contributed by atoms with van der Waals surface area (Å²) < 4.78 is 5.43. The Kier molecular flexibility index (Phi) is 4.77. The molecular formula is C14H16BClN6O. The van der Waals surface area contributed by atoms with E-state index in [2.05, 4.69) is 31.7 Å². The minimum atomic E-state index is 0.160. The van der Waals surface area contributed by atoms with Gasteiger partial charge in [-0.3, -0.25) is 0 Å². The average molecular weight is 331 g/mol. The molecule has 23 heavy (non-hydrogen) atoms. The van der Waals surface area contributed by atoms with Crippen molar-refractivity contribution >= 4 is 24.0 Å². The summed E-state index contributed by atoms with van der Waals surface area (Å²) in [6.45, 7) is 2.63. The molecule has 118 valence electrons. The fraction of sp³-hybridized carbons (Fsp3) is 0.500. The number of nitriles is 1. The molecule has 1 fully saturated rings. The highest BCUT2D eigenvalue weighted by Gasteiger charge is 2.25. The van der Waals surface area contributed by atoms with Gasteiger partial charge in [0.25, 0.3) is 12.6 Å². The molecule has 2 aromatic rings. The molecule has 0 bridgehead atoms. The summed E-state index contributed by atoms with van der Waals surface area (Å²) in [6, 6.07) is 1.70. The largest absolute Gasteiger partial charge is 0.419 e. The molecule has 9 heteroatoms. The monoisotopic (exact) mass is 330 g/mol. The molecule has 1 atom stereocenters. The molecule has 0 saturated carbocycles. The van der Waals surface area contributed by atoms with Crippen LogP contribution in [0.4, 0.5) is 5.69 Å². The average Bonchev–Trinajstić information content (AvgIpc) is 2.99. The molecule has 0 amide bonds. The van der Waals surface area contributed by atoms with E-state index in [-0.39, 0.29) is 6.71 Å². The van der Waals surface area contributed by atoms with Crippen LogP contribution in [0.25, 0.3) is 11.6 Å². The molecule has 0 aliphatic carbocycles. The van der Waals surface area contributed by atoms with Gasteiger partial charge in [0, 0.05) is 25.5 Å². The van der Waals surface area contributed by atoms with Gasteiger partial charge in [0.2, 0.25) is 5.89 Å². The third kappa shape index (κ3) is 3.80. The highest BCUT2D eigenvalue weighted by atomic mass is 35.5. The fourth-order valence-electron chi connectivity index (χ4n) is 2.90. The van der Waals surface area contributed by atoms with E-state index in [4.69, 9.17) is 21.3 Å². The van der Waals surface area contributed by atoms with Gasteiger partial charge in [0.1, 0.15) is 0 Å². The van der Waals surface area contributed by atoms with E-state index in [1.165, 1.54) is 0 Å². The Morgan fingerprint density at radius 1 is 1.43 bits per heavy atom. The van der Waals surface area contributed by atoms with Crippen LogP contribution in [-0.2, 0) is 0 Å². The van der Waals surface area contributed by atoms with Crippen LogP contribution in [-0.4, -0.2) is 33.7 Å². The van der Waals surface area contributed by atoms with Crippen molar-refractivity contribution in [3.8, 4) is 17.6 Å². The zero-order valence-electron chi connectivity index (χ0n) is 12.8. The van der Waals surface area contributed by atoms with Gasteiger partial charge in [0.15, 0.2) is 10.8 Å². The maximum atomic E-state index is 9.09. The Morgan fingerprint density at radius 2 is 2.30 bits per heavy atom. The Labute approximate surface area is 139 Å². The molecule has 1 aliphatic heterocycles. The van der Waals surface area contributed by atoms with Crippen molar-refractivity contribution in [1.29, 1.82) is 5.26 Å². The summed E-state index contributed by atoms with van der Waals surface area (Å²) in [4.78, 5) is 0. The van der Waals surface area contributed by atoms with Gasteiger partial charge >= 0.3 is 0 Å². The topological polar surface area (TPSA) is 101 Å². The first kappa shape index (κ1) is 15.7. The number of aromatic nitrogens is 4. The van der Waals surface area contributed by atoms with Gasteiger partial charge in [-0.2, -0.15) is 0 Å². The molecule has 2 aromatic heterocycles. The SMILES string of the molecule is Cc1nnc(-c2nnc(Cl)cc2NCC2CCCB(C#N)C2)o1. The Balaban J connectivity index is 1.74. The summed E-state index contributed by atoms with van der Waals surface area (Å²) in [7, 11) is 0. The number of hydrogen-bond donors (Lipinski definition) is 1. The lowest BCUT2D eigenvalue weighted by Gasteiger charge is -2.24. The molecule has 1 aliphatic rings. The highest BCUT2D eigenvalue weighted by Crippen LogP contribution is 2.29. The zero-order chi connectivity index (χ0) is 16.2. The van der Waals surface area contributed by atoms with Crippen molar-refractivity contribution in [2.75, 3.05) is 11.9 Å². The van der Waals surface area contributed by atoms with Crippen molar-refractivity contribution in [2.45, 2.75) is 32.4 Å². The van der Waals surface area contributed by atoms with Gasteiger partial charge in [-0.25, -0.2) is 5.26 Å². The molecule has 0 spiro atoms. The minimum Gasteiger partial charge on any atom is -0.419 e. The number of rotatable bonds is 4. The van der Waals surface area contributed by atoms with E-state index >= 15 is 0 Å². The predicted molar refractivity (Wildman–Crippen MR) is 87.3 cm³/mol. The van der Waals surface area contributed by atoms with Gasteiger partial charge in [0.05, 0.1) is 5.69 Å². The van der Waals surface area contributed by atoms with Crippen LogP contribution in [0, 0.1) is 24.1 Å². The first-order valence-electron chi connectivity index (χ1n) is 7.63. The van der Waals surface area contributed by atoms with E-state index < -0.39 is 0 Å². The fourth-order valence-corrected chi connectivity index (χ4v) is 3.05. The number of hydrogen-bond acceptors (Lipinski definition) is 7. The quantitative estimate of drug-likeness (QED) is 0.860. The predicted octanol–water partition coefficient (Wildman–Crippen LogP) is 2.87. The third-order valence-electron chi connectivity index (χ3n) is 4.04. The maximum absolute atomic E-state index is 9.09. The third-order valence-corrected chi connectivity index (χ3v) is 4.22. The van der Waals surface area contributed by atoms with Crippen LogP contribution in [0.15, 0.2) is 10.5 Å². The molecule has 1 N–H and O–H groups in total. The number of anilines is 1. The van der Waals surface area contributed by atoms with Crippen LogP contribution >= 0.6 is 11.6 Å². The lowest BCUT2D eigenvalue weighted by molar-refractivity contribution is 0.522. The van der Waals surface area contributed by atoms with Crippen LogP contribution in [0.2, 0.25) is 17.8 Å². The highest BCUT2D eigenvalue weighted by molar-refractivity contribution is 6.67. The maximum Gasteiger partial charge on any atom is 0.270 e. The lowest BCUT2D eigenvalue weighted by atomic mass is 9.41. The van der Waals surface area contributed by atoms with Crippen LogP contribution in [0.1, 0.15) is 18.7 Å². The molecule has 3 rings (SSSR count). The Morgan fingerprint density at radius 3 is 3.04 bits per heavy atom. The summed E-state index contributed by atoms with van der Waals surface area (Å²) >= 11 is 5.95. The molecular weight excluding hydrogens is 314 g/mol. The van der Waals surface area contributed by atoms with Crippen molar-refractivity contribution < 1.29 is 4.42 Å². The first-order chi connectivity index (χ1) is 11.2. The van der Waals surface area contributed by atoms with Crippen molar-refractivity contribution in [1.82, 2.24) is 20.4 Å². The van der Waals surface area contributed by atoms with E-state index in [0.717, 1.165) is 32.0 Å². The molecule has 0 radical (unpaired) electrons. The molecule has 1 saturated heterocycles. The molecule has 1 unspecified atom stereocenters. The second-order valence-electron chi connectivity index (χ2n) is 5.80. The molecule has 3 heterocycles. The van der Waals surface area contributed by atoms with E-state index in [1.807, 2.05) is 0 Å². The van der Waals surface area contributed by atoms with Gasteiger partial charge in [-0.15, -0.1) is 20.4 Å². The van der Waals surface area contributed by atoms with E-state index in [1.54, 1.807) is 13.0 Å². The summed E-state index contributed by atoms with van der Waals surface area (Å²) in [6.07, 6.45) is 4.13. The molecule has 0 aromatic carbocycles. The summed E-state index contributed by atoms with van der Waals surface area (Å²) in [5, 5.41) is 28.5. The van der Waals surface area contributed by atoms with E-state index in [9.17, 15) is 0 Å². The van der Waals surface area contributed by atoms with Gasteiger partial charge in [-0.1, -0.05) is 37.1 Å². The molecule has 7 nitrogen and oxygen atoms in total. The number of halogens is 1. The summed E-state index contributed by atoms with van der Waals surface area (Å²) in [5.41, 5.74) is 1.20. The van der Waals surface area contributed by atoms with Gasteiger partial charge < -0.3 is 9.73 Å². The number of nitrogens with zero attached hydrogens (tertiary/aromatic N) is 5. The number of aryl methyl sites for hydroxylation is 1. The Bertz CT molecular complexity index is 730. The van der Waals surface area contributed by atoms with Crippen molar-refractivity contribution in [2.24, 2.45) is 5.92 Å². The number of nitrogens with one attached hydrogen (secondary N) is 1. The van der Waals surface area contributed by atoms with E-state index in [0.29, 0.717) is 34.2 Å². The van der Waals surface area contributed by atoms with Crippen LogP contribution < -0.4 is 5.32 Å². The zero-order valence-corrected chi connectivity index (χ0v) is 13.5. The second kappa shape index (κ2) is 6.96. The Hall–Kier alpha value is -2.14. The van der Waals surface area contributed by atoms with Crippen LogP contribution in [0.3, 0.4) is 0 Å². The van der Waals surface area contributed by atoms with Crippen molar-refractivity contribution in [3.63, 3.8) is 0 Å².